The number of anilines is 1. The first kappa shape index (κ1) is 18.7. The van der Waals surface area contributed by atoms with Crippen LogP contribution in [-0.4, -0.2) is 32.7 Å². The molecular weight excluding hydrogens is 396 g/mol. The first-order chi connectivity index (χ1) is 14.1. The number of amides is 1. The SMILES string of the molecule is CCOC(=O)c1c(-c2ccco2)csc1NC(=O)Cn1nc2ccccn2c1=O. The fourth-order valence-electron chi connectivity index (χ4n) is 2.84. The van der Waals surface area contributed by atoms with Crippen molar-refractivity contribution < 1.29 is 18.7 Å². The van der Waals surface area contributed by atoms with Gasteiger partial charge in [-0.3, -0.25) is 9.20 Å². The molecule has 0 aliphatic carbocycles. The molecule has 0 bridgehead atoms. The van der Waals surface area contributed by atoms with Gasteiger partial charge in [0.25, 0.3) is 0 Å². The quantitative estimate of drug-likeness (QED) is 0.488. The lowest BCUT2D eigenvalue weighted by Gasteiger charge is -2.07. The molecule has 29 heavy (non-hydrogen) atoms. The van der Waals surface area contributed by atoms with E-state index in [-0.39, 0.29) is 18.7 Å². The van der Waals surface area contributed by atoms with E-state index in [0.717, 1.165) is 4.68 Å². The predicted molar refractivity (Wildman–Crippen MR) is 106 cm³/mol. The zero-order valence-electron chi connectivity index (χ0n) is 15.3. The molecular formula is C19H16N4O5S. The molecule has 0 aromatic carbocycles. The second-order valence-corrected chi connectivity index (χ2v) is 6.85. The number of nitrogens with one attached hydrogen (secondary N) is 1. The second kappa shape index (κ2) is 7.76. The van der Waals surface area contributed by atoms with Crippen LogP contribution in [0.5, 0.6) is 0 Å². The normalized spacial score (nSPS) is 10.9. The van der Waals surface area contributed by atoms with Gasteiger partial charge < -0.3 is 14.5 Å². The van der Waals surface area contributed by atoms with E-state index >= 15 is 0 Å². The van der Waals surface area contributed by atoms with Gasteiger partial charge in [-0.25, -0.2) is 14.3 Å². The van der Waals surface area contributed by atoms with Gasteiger partial charge in [0.1, 0.15) is 22.9 Å². The third-order valence-electron chi connectivity index (χ3n) is 4.09. The van der Waals surface area contributed by atoms with Crippen LogP contribution in [0.25, 0.3) is 17.0 Å². The van der Waals surface area contributed by atoms with Crippen LogP contribution < -0.4 is 11.0 Å². The number of pyridine rings is 1. The molecule has 148 valence electrons. The van der Waals surface area contributed by atoms with Gasteiger partial charge in [0.15, 0.2) is 5.65 Å². The third-order valence-corrected chi connectivity index (χ3v) is 4.99. The molecule has 0 saturated heterocycles. The first-order valence-corrected chi connectivity index (χ1v) is 9.63. The maximum absolute atomic E-state index is 12.6. The molecule has 1 amide bonds. The Balaban J connectivity index is 1.61. The number of hydrogen-bond acceptors (Lipinski definition) is 7. The number of ether oxygens (including phenoxy) is 1. The van der Waals surface area contributed by atoms with Crippen molar-refractivity contribution >= 4 is 33.9 Å². The van der Waals surface area contributed by atoms with Crippen LogP contribution in [-0.2, 0) is 16.1 Å². The summed E-state index contributed by atoms with van der Waals surface area (Å²) in [6, 6.07) is 8.54. The summed E-state index contributed by atoms with van der Waals surface area (Å²) in [5, 5.41) is 8.83. The number of nitrogens with zero attached hydrogens (tertiary/aromatic N) is 3. The van der Waals surface area contributed by atoms with Gasteiger partial charge in [-0.2, -0.15) is 0 Å². The summed E-state index contributed by atoms with van der Waals surface area (Å²) in [6.07, 6.45) is 3.07. The van der Waals surface area contributed by atoms with Crippen molar-refractivity contribution in [3.8, 4) is 11.3 Å². The Labute approximate surface area is 168 Å². The maximum atomic E-state index is 12.6. The molecule has 0 spiro atoms. The molecule has 0 unspecified atom stereocenters. The number of furan rings is 1. The smallest absolute Gasteiger partial charge is 0.350 e. The van der Waals surface area contributed by atoms with Crippen molar-refractivity contribution in [3.63, 3.8) is 0 Å². The predicted octanol–water partition coefficient (Wildman–Crippen LogP) is 2.63. The van der Waals surface area contributed by atoms with Crippen molar-refractivity contribution in [1.82, 2.24) is 14.2 Å². The Hall–Kier alpha value is -3.66. The number of esters is 1. The highest BCUT2D eigenvalue weighted by Gasteiger charge is 2.24. The first-order valence-electron chi connectivity index (χ1n) is 8.75. The minimum Gasteiger partial charge on any atom is -0.464 e. The largest absolute Gasteiger partial charge is 0.464 e. The molecule has 0 aliphatic rings. The standard InChI is InChI=1S/C19H16N4O5S/c1-2-27-18(25)16-12(13-6-5-9-28-13)11-29-17(16)20-15(24)10-23-19(26)22-8-4-3-7-14(22)21-23/h3-9,11H,2,10H2,1H3,(H,20,24). The Bertz CT molecular complexity index is 1240. The van der Waals surface area contributed by atoms with E-state index in [1.807, 2.05) is 0 Å². The van der Waals surface area contributed by atoms with Gasteiger partial charge >= 0.3 is 11.7 Å². The van der Waals surface area contributed by atoms with Crippen LogP contribution in [0.1, 0.15) is 17.3 Å². The van der Waals surface area contributed by atoms with Crippen LogP contribution in [0.3, 0.4) is 0 Å². The molecule has 4 aromatic heterocycles. The van der Waals surface area contributed by atoms with Gasteiger partial charge in [-0.1, -0.05) is 6.07 Å². The van der Waals surface area contributed by atoms with Crippen molar-refractivity contribution in [2.45, 2.75) is 13.5 Å². The number of carbonyl (C=O) groups is 2. The lowest BCUT2D eigenvalue weighted by atomic mass is 10.1. The van der Waals surface area contributed by atoms with Gasteiger partial charge in [-0.05, 0) is 31.2 Å². The summed E-state index contributed by atoms with van der Waals surface area (Å²) in [7, 11) is 0. The molecule has 0 atom stereocenters. The molecule has 1 N–H and O–H groups in total. The number of aromatic nitrogens is 3. The average molecular weight is 412 g/mol. The molecule has 10 heteroatoms. The Morgan fingerprint density at radius 3 is 2.86 bits per heavy atom. The Kier molecular flexibility index (Phi) is 5.00. The summed E-state index contributed by atoms with van der Waals surface area (Å²) in [4.78, 5) is 37.4. The van der Waals surface area contributed by atoms with Crippen LogP contribution in [0.15, 0.2) is 57.4 Å². The Morgan fingerprint density at radius 2 is 2.14 bits per heavy atom. The number of hydrogen-bond donors (Lipinski definition) is 1. The van der Waals surface area contributed by atoms with Crippen molar-refractivity contribution in [3.05, 3.63) is 64.2 Å². The number of thiophene rings is 1. The fraction of sp³-hybridized carbons (Fsp3) is 0.158. The maximum Gasteiger partial charge on any atom is 0.350 e. The van der Waals surface area contributed by atoms with Crippen molar-refractivity contribution in [1.29, 1.82) is 0 Å². The average Bonchev–Trinajstić information content (AvgIpc) is 3.42. The van der Waals surface area contributed by atoms with Gasteiger partial charge in [-0.15, -0.1) is 16.4 Å². The molecule has 0 aliphatic heterocycles. The molecule has 0 saturated carbocycles. The van der Waals surface area contributed by atoms with E-state index < -0.39 is 17.6 Å². The van der Waals surface area contributed by atoms with Crippen LogP contribution in [0.2, 0.25) is 0 Å². The van der Waals surface area contributed by atoms with E-state index in [1.165, 1.54) is 22.0 Å². The minimum atomic E-state index is -0.569. The topological polar surface area (TPSA) is 108 Å². The summed E-state index contributed by atoms with van der Waals surface area (Å²) in [5.74, 6) is -0.574. The highest BCUT2D eigenvalue weighted by molar-refractivity contribution is 7.15. The lowest BCUT2D eigenvalue weighted by Crippen LogP contribution is -2.28. The highest BCUT2D eigenvalue weighted by atomic mass is 32.1. The molecule has 0 fully saturated rings. The molecule has 4 heterocycles. The van der Waals surface area contributed by atoms with Gasteiger partial charge in [0.2, 0.25) is 5.91 Å². The third kappa shape index (κ3) is 3.57. The fourth-order valence-corrected chi connectivity index (χ4v) is 3.80. The van der Waals surface area contributed by atoms with E-state index in [1.54, 1.807) is 48.8 Å². The summed E-state index contributed by atoms with van der Waals surface area (Å²) >= 11 is 1.17. The van der Waals surface area contributed by atoms with Crippen LogP contribution >= 0.6 is 11.3 Å². The van der Waals surface area contributed by atoms with Crippen LogP contribution in [0, 0.1) is 0 Å². The lowest BCUT2D eigenvalue weighted by molar-refractivity contribution is -0.116. The van der Waals surface area contributed by atoms with E-state index in [4.69, 9.17) is 9.15 Å². The zero-order chi connectivity index (χ0) is 20.4. The molecule has 4 aromatic rings. The van der Waals surface area contributed by atoms with Crippen LogP contribution in [0.4, 0.5) is 5.00 Å². The van der Waals surface area contributed by atoms with Crippen molar-refractivity contribution in [2.24, 2.45) is 0 Å². The zero-order valence-corrected chi connectivity index (χ0v) is 16.1. The van der Waals surface area contributed by atoms with E-state index in [0.29, 0.717) is 22.0 Å². The minimum absolute atomic E-state index is 0.191. The summed E-state index contributed by atoms with van der Waals surface area (Å²) in [5.41, 5.74) is 0.749. The Morgan fingerprint density at radius 1 is 1.28 bits per heavy atom. The van der Waals surface area contributed by atoms with Crippen molar-refractivity contribution in [2.75, 3.05) is 11.9 Å². The van der Waals surface area contributed by atoms with Gasteiger partial charge in [0.05, 0.1) is 12.9 Å². The highest BCUT2D eigenvalue weighted by Crippen LogP contribution is 2.36. The monoisotopic (exact) mass is 412 g/mol. The molecule has 4 rings (SSSR count). The number of fused-ring (bicyclic) bond motifs is 1. The van der Waals surface area contributed by atoms with E-state index in [2.05, 4.69) is 10.4 Å². The second-order valence-electron chi connectivity index (χ2n) is 5.97. The number of rotatable bonds is 6. The van der Waals surface area contributed by atoms with E-state index in [9.17, 15) is 14.4 Å². The molecule has 9 nitrogen and oxygen atoms in total. The summed E-state index contributed by atoms with van der Waals surface area (Å²) < 4.78 is 12.9. The van der Waals surface area contributed by atoms with Gasteiger partial charge in [0, 0.05) is 17.1 Å². The summed E-state index contributed by atoms with van der Waals surface area (Å²) in [6.45, 7) is 1.60. The number of carbonyl (C=O) groups excluding carboxylic acids is 2. The molecule has 0 radical (unpaired) electrons.